The lowest BCUT2D eigenvalue weighted by Crippen LogP contribution is -2.48. The highest BCUT2D eigenvalue weighted by Gasteiger charge is 2.32. The molecule has 15 heavy (non-hydrogen) atoms. The van der Waals surface area contributed by atoms with Crippen LogP contribution in [0.2, 0.25) is 0 Å². The van der Waals surface area contributed by atoms with Crippen molar-refractivity contribution in [2.24, 2.45) is 0 Å². The molecule has 1 aromatic carbocycles. The van der Waals surface area contributed by atoms with Crippen LogP contribution in [0.5, 0.6) is 0 Å². The van der Waals surface area contributed by atoms with Crippen molar-refractivity contribution in [3.8, 4) is 0 Å². The van der Waals surface area contributed by atoms with Gasteiger partial charge in [0, 0.05) is 6.54 Å². The minimum atomic E-state index is -0.872. The molecule has 1 heterocycles. The van der Waals surface area contributed by atoms with Gasteiger partial charge in [-0.1, -0.05) is 30.3 Å². The number of aliphatic carboxylic acids is 1. The van der Waals surface area contributed by atoms with E-state index >= 15 is 0 Å². The molecule has 0 saturated carbocycles. The van der Waals surface area contributed by atoms with Gasteiger partial charge in [0.05, 0.1) is 6.61 Å². The molecule has 4 nitrogen and oxygen atoms in total. The average Bonchev–Trinajstić information content (AvgIpc) is 2.30. The standard InChI is InChI=1S/C11H13NO3/c13-11(14)9-10(15-7-6-12-9)8-4-2-1-3-5-8/h1-5,9-10,12H,6-7H2,(H,13,14)/t9-,10-/m1/s1. The van der Waals surface area contributed by atoms with Crippen molar-refractivity contribution in [3.63, 3.8) is 0 Å². The lowest BCUT2D eigenvalue weighted by molar-refractivity contribution is -0.146. The maximum Gasteiger partial charge on any atom is 0.323 e. The molecule has 0 spiro atoms. The van der Waals surface area contributed by atoms with E-state index in [0.717, 1.165) is 5.56 Å². The average molecular weight is 207 g/mol. The molecule has 0 amide bonds. The van der Waals surface area contributed by atoms with Gasteiger partial charge in [-0.3, -0.25) is 10.1 Å². The highest BCUT2D eigenvalue weighted by Crippen LogP contribution is 2.23. The SMILES string of the molecule is O=C(O)[C@@H]1NCCO[C@@H]1c1ccccc1. The number of hydrogen-bond acceptors (Lipinski definition) is 3. The van der Waals surface area contributed by atoms with Gasteiger partial charge >= 0.3 is 5.97 Å². The van der Waals surface area contributed by atoms with Crippen LogP contribution in [0.25, 0.3) is 0 Å². The zero-order chi connectivity index (χ0) is 10.7. The minimum absolute atomic E-state index is 0.391. The molecular weight excluding hydrogens is 194 g/mol. The van der Waals surface area contributed by atoms with E-state index in [1.807, 2.05) is 30.3 Å². The van der Waals surface area contributed by atoms with Crippen LogP contribution in [0.3, 0.4) is 0 Å². The summed E-state index contributed by atoms with van der Waals surface area (Å²) in [5.74, 6) is -0.872. The highest BCUT2D eigenvalue weighted by molar-refractivity contribution is 5.74. The molecular formula is C11H13NO3. The van der Waals surface area contributed by atoms with E-state index in [2.05, 4.69) is 5.32 Å². The third-order valence-corrected chi connectivity index (χ3v) is 2.46. The van der Waals surface area contributed by atoms with Crippen LogP contribution in [-0.2, 0) is 9.53 Å². The Morgan fingerprint density at radius 1 is 1.40 bits per heavy atom. The smallest absolute Gasteiger partial charge is 0.323 e. The monoisotopic (exact) mass is 207 g/mol. The summed E-state index contributed by atoms with van der Waals surface area (Å²) in [5, 5.41) is 12.0. The molecule has 1 aliphatic heterocycles. The normalized spacial score (nSPS) is 26.1. The Morgan fingerprint density at radius 2 is 2.13 bits per heavy atom. The summed E-state index contributed by atoms with van der Waals surface area (Å²) in [4.78, 5) is 11.0. The second-order valence-corrected chi connectivity index (χ2v) is 3.47. The van der Waals surface area contributed by atoms with Crippen LogP contribution < -0.4 is 5.32 Å². The molecule has 2 rings (SSSR count). The summed E-state index contributed by atoms with van der Waals surface area (Å²) in [5.41, 5.74) is 0.900. The fourth-order valence-corrected chi connectivity index (χ4v) is 1.75. The van der Waals surface area contributed by atoms with Gasteiger partial charge in [0.25, 0.3) is 0 Å². The van der Waals surface area contributed by atoms with Gasteiger partial charge in [0.1, 0.15) is 12.1 Å². The topological polar surface area (TPSA) is 58.6 Å². The number of morpholine rings is 1. The molecule has 2 atom stereocenters. The van der Waals surface area contributed by atoms with Gasteiger partial charge in [-0.15, -0.1) is 0 Å². The number of rotatable bonds is 2. The number of nitrogens with one attached hydrogen (secondary N) is 1. The van der Waals surface area contributed by atoms with Crippen molar-refractivity contribution in [2.45, 2.75) is 12.1 Å². The summed E-state index contributed by atoms with van der Waals surface area (Å²) < 4.78 is 5.49. The zero-order valence-corrected chi connectivity index (χ0v) is 8.22. The van der Waals surface area contributed by atoms with Gasteiger partial charge in [-0.05, 0) is 5.56 Å². The largest absolute Gasteiger partial charge is 0.480 e. The van der Waals surface area contributed by atoms with Crippen molar-refractivity contribution in [1.82, 2.24) is 5.32 Å². The summed E-state index contributed by atoms with van der Waals surface area (Å²) in [6.45, 7) is 1.13. The highest BCUT2D eigenvalue weighted by atomic mass is 16.5. The van der Waals surface area contributed by atoms with Crippen LogP contribution in [0.1, 0.15) is 11.7 Å². The van der Waals surface area contributed by atoms with Crippen LogP contribution >= 0.6 is 0 Å². The maximum atomic E-state index is 11.0. The predicted molar refractivity (Wildman–Crippen MR) is 54.6 cm³/mol. The Kier molecular flexibility index (Phi) is 2.99. The van der Waals surface area contributed by atoms with E-state index < -0.39 is 18.1 Å². The second-order valence-electron chi connectivity index (χ2n) is 3.47. The van der Waals surface area contributed by atoms with Crippen LogP contribution in [-0.4, -0.2) is 30.3 Å². The molecule has 80 valence electrons. The molecule has 1 aliphatic rings. The van der Waals surface area contributed by atoms with E-state index in [9.17, 15) is 4.79 Å². The van der Waals surface area contributed by atoms with Gasteiger partial charge in [0.15, 0.2) is 0 Å². The molecule has 1 saturated heterocycles. The first-order valence-electron chi connectivity index (χ1n) is 4.92. The van der Waals surface area contributed by atoms with Crippen LogP contribution in [0.4, 0.5) is 0 Å². The number of carboxylic acids is 1. The third kappa shape index (κ3) is 2.16. The first-order chi connectivity index (χ1) is 7.29. The maximum absolute atomic E-state index is 11.0. The van der Waals surface area contributed by atoms with Gasteiger partial charge in [0.2, 0.25) is 0 Å². The Balaban J connectivity index is 2.22. The van der Waals surface area contributed by atoms with E-state index in [4.69, 9.17) is 9.84 Å². The van der Waals surface area contributed by atoms with Crippen LogP contribution in [0, 0.1) is 0 Å². The second kappa shape index (κ2) is 4.42. The van der Waals surface area contributed by atoms with Gasteiger partial charge in [-0.2, -0.15) is 0 Å². The zero-order valence-electron chi connectivity index (χ0n) is 8.22. The van der Waals surface area contributed by atoms with E-state index in [1.54, 1.807) is 0 Å². The molecule has 4 heteroatoms. The van der Waals surface area contributed by atoms with E-state index in [-0.39, 0.29) is 0 Å². The Hall–Kier alpha value is -1.39. The Morgan fingerprint density at radius 3 is 2.80 bits per heavy atom. The van der Waals surface area contributed by atoms with Crippen molar-refractivity contribution < 1.29 is 14.6 Å². The van der Waals surface area contributed by atoms with Gasteiger partial charge in [-0.25, -0.2) is 0 Å². The Labute approximate surface area is 87.9 Å². The minimum Gasteiger partial charge on any atom is -0.480 e. The molecule has 0 unspecified atom stereocenters. The summed E-state index contributed by atoms with van der Waals surface area (Å²) in [6, 6.07) is 8.77. The number of ether oxygens (including phenoxy) is 1. The third-order valence-electron chi connectivity index (χ3n) is 2.46. The molecule has 0 aromatic heterocycles. The fraction of sp³-hybridized carbons (Fsp3) is 0.364. The first-order valence-corrected chi connectivity index (χ1v) is 4.92. The predicted octanol–water partition coefficient (Wildman–Crippen LogP) is 0.801. The first kappa shape index (κ1) is 10.1. The lowest BCUT2D eigenvalue weighted by Gasteiger charge is -2.30. The summed E-state index contributed by atoms with van der Waals surface area (Å²) in [6.07, 6.45) is -0.391. The number of hydrogen-bond donors (Lipinski definition) is 2. The molecule has 0 aliphatic carbocycles. The molecule has 0 radical (unpaired) electrons. The fourth-order valence-electron chi connectivity index (χ4n) is 1.75. The molecule has 2 N–H and O–H groups in total. The number of carboxylic acid groups (broad SMARTS) is 1. The lowest BCUT2D eigenvalue weighted by atomic mass is 10.0. The Bertz CT molecular complexity index is 339. The van der Waals surface area contributed by atoms with Crippen molar-refractivity contribution >= 4 is 5.97 Å². The number of benzene rings is 1. The van der Waals surface area contributed by atoms with Crippen molar-refractivity contribution in [1.29, 1.82) is 0 Å². The molecule has 1 fully saturated rings. The van der Waals surface area contributed by atoms with Crippen molar-refractivity contribution in [3.05, 3.63) is 35.9 Å². The summed E-state index contributed by atoms with van der Waals surface area (Å²) >= 11 is 0. The van der Waals surface area contributed by atoms with E-state index in [1.165, 1.54) is 0 Å². The quantitative estimate of drug-likeness (QED) is 0.753. The van der Waals surface area contributed by atoms with Gasteiger partial charge < -0.3 is 9.84 Å². The molecule has 1 aromatic rings. The van der Waals surface area contributed by atoms with E-state index in [0.29, 0.717) is 13.2 Å². The number of carbonyl (C=O) groups is 1. The van der Waals surface area contributed by atoms with Crippen molar-refractivity contribution in [2.75, 3.05) is 13.2 Å². The molecule has 0 bridgehead atoms. The van der Waals surface area contributed by atoms with Crippen LogP contribution in [0.15, 0.2) is 30.3 Å². The summed E-state index contributed by atoms with van der Waals surface area (Å²) in [7, 11) is 0.